The third-order valence-corrected chi connectivity index (χ3v) is 2.96. The highest BCUT2D eigenvalue weighted by Gasteiger charge is 2.24. The summed E-state index contributed by atoms with van der Waals surface area (Å²) in [6, 6.07) is 7.41. The second kappa shape index (κ2) is 5.45. The standard InChI is InChI=1S/C15H18N2O3/c1-15(2,3)12(18)9-13-16-14(17-20-13)10-7-5-6-8-11(10)19-4/h5-8H,9H2,1-4H3. The zero-order valence-corrected chi connectivity index (χ0v) is 12.1. The van der Waals surface area contributed by atoms with Crippen LogP contribution in [0.1, 0.15) is 26.7 Å². The van der Waals surface area contributed by atoms with E-state index >= 15 is 0 Å². The highest BCUT2D eigenvalue weighted by atomic mass is 16.5. The molecule has 1 aromatic carbocycles. The number of aromatic nitrogens is 2. The Hall–Kier alpha value is -2.17. The first kappa shape index (κ1) is 14.2. The molecule has 1 aromatic heterocycles. The second-order valence-corrected chi connectivity index (χ2v) is 5.56. The summed E-state index contributed by atoms with van der Waals surface area (Å²) in [7, 11) is 1.59. The molecule has 0 N–H and O–H groups in total. The summed E-state index contributed by atoms with van der Waals surface area (Å²) in [6.45, 7) is 5.60. The average Bonchev–Trinajstić information content (AvgIpc) is 2.86. The van der Waals surface area contributed by atoms with Gasteiger partial charge in [0.05, 0.1) is 19.1 Å². The molecule has 0 saturated heterocycles. The van der Waals surface area contributed by atoms with Gasteiger partial charge in [0.1, 0.15) is 11.5 Å². The highest BCUT2D eigenvalue weighted by Crippen LogP contribution is 2.27. The summed E-state index contributed by atoms with van der Waals surface area (Å²) in [6.07, 6.45) is 0.144. The lowest BCUT2D eigenvalue weighted by molar-refractivity contribution is -0.125. The van der Waals surface area contributed by atoms with Crippen molar-refractivity contribution >= 4 is 5.78 Å². The third kappa shape index (κ3) is 3.04. The molecule has 106 valence electrons. The van der Waals surface area contributed by atoms with Crippen molar-refractivity contribution in [3.8, 4) is 17.1 Å². The molecule has 0 aliphatic rings. The van der Waals surface area contributed by atoms with E-state index < -0.39 is 5.41 Å². The summed E-state index contributed by atoms with van der Waals surface area (Å²) < 4.78 is 10.4. The highest BCUT2D eigenvalue weighted by molar-refractivity contribution is 5.85. The molecule has 0 atom stereocenters. The van der Waals surface area contributed by atoms with Crippen molar-refractivity contribution in [2.24, 2.45) is 5.41 Å². The second-order valence-electron chi connectivity index (χ2n) is 5.56. The topological polar surface area (TPSA) is 65.2 Å². The zero-order valence-electron chi connectivity index (χ0n) is 12.1. The van der Waals surface area contributed by atoms with Gasteiger partial charge in [-0.15, -0.1) is 0 Å². The Balaban J connectivity index is 2.23. The maximum atomic E-state index is 12.0. The van der Waals surface area contributed by atoms with Gasteiger partial charge in [-0.2, -0.15) is 4.98 Å². The number of methoxy groups -OCH3 is 1. The van der Waals surface area contributed by atoms with Crippen LogP contribution in [0, 0.1) is 5.41 Å². The van der Waals surface area contributed by atoms with Crippen molar-refractivity contribution in [3.05, 3.63) is 30.2 Å². The minimum atomic E-state index is -0.418. The Bertz CT molecular complexity index is 612. The van der Waals surface area contributed by atoms with Crippen molar-refractivity contribution in [2.45, 2.75) is 27.2 Å². The molecule has 0 bridgehead atoms. The quantitative estimate of drug-likeness (QED) is 0.857. The van der Waals surface area contributed by atoms with Gasteiger partial charge in [0.15, 0.2) is 0 Å². The van der Waals surface area contributed by atoms with Gasteiger partial charge < -0.3 is 9.26 Å². The molecule has 0 amide bonds. The average molecular weight is 274 g/mol. The number of para-hydroxylation sites is 1. The Morgan fingerprint density at radius 1 is 1.30 bits per heavy atom. The van der Waals surface area contributed by atoms with Crippen LogP contribution in [0.15, 0.2) is 28.8 Å². The fourth-order valence-corrected chi connectivity index (χ4v) is 1.67. The number of ketones is 1. The van der Waals surface area contributed by atoms with Crippen LogP contribution < -0.4 is 4.74 Å². The van der Waals surface area contributed by atoms with E-state index in [0.717, 1.165) is 5.56 Å². The lowest BCUT2D eigenvalue weighted by Crippen LogP contribution is -2.22. The molecule has 0 unspecified atom stereocenters. The molecule has 0 saturated carbocycles. The first-order valence-corrected chi connectivity index (χ1v) is 6.41. The molecular weight excluding hydrogens is 256 g/mol. The van der Waals surface area contributed by atoms with Crippen LogP contribution in [0.3, 0.4) is 0 Å². The first-order valence-electron chi connectivity index (χ1n) is 6.41. The van der Waals surface area contributed by atoms with E-state index in [1.165, 1.54) is 0 Å². The van der Waals surface area contributed by atoms with Crippen LogP contribution in [0.4, 0.5) is 0 Å². The van der Waals surface area contributed by atoms with Gasteiger partial charge in [-0.3, -0.25) is 4.79 Å². The van der Waals surface area contributed by atoms with E-state index in [0.29, 0.717) is 17.5 Å². The fourth-order valence-electron chi connectivity index (χ4n) is 1.67. The number of nitrogens with zero attached hydrogens (tertiary/aromatic N) is 2. The number of ether oxygens (including phenoxy) is 1. The van der Waals surface area contributed by atoms with Crippen molar-refractivity contribution in [1.82, 2.24) is 10.1 Å². The molecule has 0 fully saturated rings. The van der Waals surface area contributed by atoms with E-state index in [9.17, 15) is 4.79 Å². The Morgan fingerprint density at radius 3 is 2.65 bits per heavy atom. The third-order valence-electron chi connectivity index (χ3n) is 2.96. The van der Waals surface area contributed by atoms with E-state index in [1.807, 2.05) is 45.0 Å². The number of benzene rings is 1. The van der Waals surface area contributed by atoms with Gasteiger partial charge in [0.2, 0.25) is 11.7 Å². The van der Waals surface area contributed by atoms with E-state index in [1.54, 1.807) is 7.11 Å². The number of rotatable bonds is 4. The van der Waals surface area contributed by atoms with Crippen molar-refractivity contribution in [3.63, 3.8) is 0 Å². The van der Waals surface area contributed by atoms with E-state index in [4.69, 9.17) is 9.26 Å². The van der Waals surface area contributed by atoms with Gasteiger partial charge in [0, 0.05) is 5.41 Å². The minimum Gasteiger partial charge on any atom is -0.496 e. The predicted molar refractivity (Wildman–Crippen MR) is 74.5 cm³/mol. The number of hydrogen-bond acceptors (Lipinski definition) is 5. The lowest BCUT2D eigenvalue weighted by Gasteiger charge is -2.14. The molecule has 0 radical (unpaired) electrons. The number of Topliss-reactive ketones (excluding diaryl/α,β-unsaturated/α-hetero) is 1. The summed E-state index contributed by atoms with van der Waals surface area (Å²) >= 11 is 0. The Labute approximate surface area is 118 Å². The van der Waals surface area contributed by atoms with Crippen molar-refractivity contribution < 1.29 is 14.1 Å². The van der Waals surface area contributed by atoms with Crippen LogP contribution in [0.5, 0.6) is 5.75 Å². The van der Waals surface area contributed by atoms with Crippen molar-refractivity contribution in [1.29, 1.82) is 0 Å². The summed E-state index contributed by atoms with van der Waals surface area (Å²) in [5.41, 5.74) is 0.326. The molecule has 5 heteroatoms. The summed E-state index contributed by atoms with van der Waals surface area (Å²) in [4.78, 5) is 16.2. The maximum absolute atomic E-state index is 12.0. The number of carbonyl (C=O) groups excluding carboxylic acids is 1. The number of carbonyl (C=O) groups is 1. The van der Waals surface area contributed by atoms with Gasteiger partial charge in [-0.05, 0) is 12.1 Å². The Morgan fingerprint density at radius 2 is 2.00 bits per heavy atom. The van der Waals surface area contributed by atoms with E-state index in [-0.39, 0.29) is 12.2 Å². The van der Waals surface area contributed by atoms with Crippen LogP contribution in [0.25, 0.3) is 11.4 Å². The van der Waals surface area contributed by atoms with Gasteiger partial charge in [0.25, 0.3) is 0 Å². The van der Waals surface area contributed by atoms with Crippen molar-refractivity contribution in [2.75, 3.05) is 7.11 Å². The fraction of sp³-hybridized carbons (Fsp3) is 0.400. The van der Waals surface area contributed by atoms with Crippen LogP contribution >= 0.6 is 0 Å². The van der Waals surface area contributed by atoms with Gasteiger partial charge in [-0.25, -0.2) is 0 Å². The monoisotopic (exact) mass is 274 g/mol. The first-order chi connectivity index (χ1) is 9.41. The summed E-state index contributed by atoms with van der Waals surface area (Å²) in [5.74, 6) is 1.49. The van der Waals surface area contributed by atoms with Gasteiger partial charge >= 0.3 is 0 Å². The van der Waals surface area contributed by atoms with Crippen LogP contribution in [0.2, 0.25) is 0 Å². The normalized spacial score (nSPS) is 11.4. The maximum Gasteiger partial charge on any atom is 0.234 e. The molecule has 5 nitrogen and oxygen atoms in total. The molecule has 0 spiro atoms. The van der Waals surface area contributed by atoms with E-state index in [2.05, 4.69) is 10.1 Å². The largest absolute Gasteiger partial charge is 0.496 e. The Kier molecular flexibility index (Phi) is 3.88. The SMILES string of the molecule is COc1ccccc1-c1noc(CC(=O)C(C)(C)C)n1. The zero-order chi connectivity index (χ0) is 14.8. The molecule has 0 aliphatic heterocycles. The molecule has 2 rings (SSSR count). The predicted octanol–water partition coefficient (Wildman–Crippen LogP) is 2.90. The molecular formula is C15H18N2O3. The molecule has 1 heterocycles. The molecule has 2 aromatic rings. The van der Waals surface area contributed by atoms with Gasteiger partial charge in [-0.1, -0.05) is 38.1 Å². The minimum absolute atomic E-state index is 0.0627. The van der Waals surface area contributed by atoms with Crippen LogP contribution in [-0.2, 0) is 11.2 Å². The lowest BCUT2D eigenvalue weighted by atomic mass is 9.89. The number of hydrogen-bond donors (Lipinski definition) is 0. The molecule has 0 aliphatic carbocycles. The molecule has 20 heavy (non-hydrogen) atoms. The smallest absolute Gasteiger partial charge is 0.234 e. The summed E-state index contributed by atoms with van der Waals surface area (Å²) in [5, 5.41) is 3.91. The van der Waals surface area contributed by atoms with Crippen LogP contribution in [-0.4, -0.2) is 23.0 Å².